The number of hydrogen-bond acceptors (Lipinski definition) is 4. The van der Waals surface area contributed by atoms with E-state index >= 15 is 0 Å². The molecule has 28 heavy (non-hydrogen) atoms. The number of fused-ring (bicyclic) bond motifs is 1. The highest BCUT2D eigenvalue weighted by Gasteiger charge is 2.34. The second kappa shape index (κ2) is 7.72. The van der Waals surface area contributed by atoms with Crippen LogP contribution in [-0.2, 0) is 4.74 Å². The van der Waals surface area contributed by atoms with Gasteiger partial charge in [-0.05, 0) is 43.5 Å². The number of H-pyrrole nitrogens is 1. The van der Waals surface area contributed by atoms with E-state index in [1.54, 1.807) is 13.3 Å². The molecule has 1 fully saturated rings. The standard InChI is InChI=1S/C22H26N4O2/c1-15-25-19-11-18(12-23-20(19)26-15)16-6-5-7-17(10-16)21(27)24-13-22(14-28-2)8-3-4-9-22/h5-7,10-12H,3-4,8-9,13-14H2,1-2H3,(H,24,27)(H,23,25,26). The molecule has 146 valence electrons. The summed E-state index contributed by atoms with van der Waals surface area (Å²) in [5.74, 6) is 0.792. The van der Waals surface area contributed by atoms with Gasteiger partial charge < -0.3 is 15.0 Å². The molecule has 2 heterocycles. The molecule has 1 aliphatic carbocycles. The minimum atomic E-state index is -0.0457. The number of carbonyl (C=O) groups excluding carboxylic acids is 1. The largest absolute Gasteiger partial charge is 0.384 e. The van der Waals surface area contributed by atoms with Crippen LogP contribution in [0.1, 0.15) is 41.9 Å². The molecule has 1 aromatic carbocycles. The third-order valence-corrected chi connectivity index (χ3v) is 5.65. The summed E-state index contributed by atoms with van der Waals surface area (Å²) in [4.78, 5) is 24.7. The maximum Gasteiger partial charge on any atom is 0.251 e. The fourth-order valence-corrected chi connectivity index (χ4v) is 4.19. The number of rotatable bonds is 6. The molecule has 1 amide bonds. The lowest BCUT2D eigenvalue weighted by Gasteiger charge is -2.28. The third kappa shape index (κ3) is 3.78. The van der Waals surface area contributed by atoms with E-state index in [-0.39, 0.29) is 11.3 Å². The van der Waals surface area contributed by atoms with Crippen molar-refractivity contribution in [3.05, 3.63) is 47.9 Å². The van der Waals surface area contributed by atoms with E-state index in [1.807, 2.05) is 37.3 Å². The van der Waals surface area contributed by atoms with Crippen molar-refractivity contribution in [2.75, 3.05) is 20.3 Å². The van der Waals surface area contributed by atoms with E-state index in [0.717, 1.165) is 35.3 Å². The van der Waals surface area contributed by atoms with Crippen molar-refractivity contribution in [2.24, 2.45) is 5.41 Å². The molecule has 0 bridgehead atoms. The summed E-state index contributed by atoms with van der Waals surface area (Å²) < 4.78 is 5.41. The molecule has 1 saturated carbocycles. The zero-order valence-electron chi connectivity index (χ0n) is 16.4. The molecular formula is C22H26N4O2. The van der Waals surface area contributed by atoms with Crippen molar-refractivity contribution >= 4 is 17.1 Å². The minimum absolute atomic E-state index is 0.0457. The Morgan fingerprint density at radius 1 is 1.25 bits per heavy atom. The second-order valence-corrected chi connectivity index (χ2v) is 7.82. The minimum Gasteiger partial charge on any atom is -0.384 e. The summed E-state index contributed by atoms with van der Waals surface area (Å²) in [6.07, 6.45) is 6.42. The highest BCUT2D eigenvalue weighted by atomic mass is 16.5. The number of aromatic nitrogens is 3. The number of imidazole rings is 1. The number of nitrogens with zero attached hydrogens (tertiary/aromatic N) is 2. The van der Waals surface area contributed by atoms with E-state index in [1.165, 1.54) is 12.8 Å². The van der Waals surface area contributed by atoms with Gasteiger partial charge in [0.05, 0.1) is 12.1 Å². The van der Waals surface area contributed by atoms with Crippen LogP contribution in [0.5, 0.6) is 0 Å². The van der Waals surface area contributed by atoms with E-state index in [9.17, 15) is 4.79 Å². The van der Waals surface area contributed by atoms with Crippen LogP contribution in [0.15, 0.2) is 36.5 Å². The van der Waals surface area contributed by atoms with Gasteiger partial charge in [0.2, 0.25) is 0 Å². The summed E-state index contributed by atoms with van der Waals surface area (Å²) in [6, 6.07) is 9.69. The summed E-state index contributed by atoms with van der Waals surface area (Å²) in [6.45, 7) is 3.26. The molecule has 2 aromatic heterocycles. The zero-order valence-corrected chi connectivity index (χ0v) is 16.4. The Balaban J connectivity index is 1.51. The zero-order chi connectivity index (χ0) is 19.6. The number of aromatic amines is 1. The van der Waals surface area contributed by atoms with E-state index < -0.39 is 0 Å². The molecule has 6 heteroatoms. The Morgan fingerprint density at radius 3 is 2.86 bits per heavy atom. The molecule has 0 saturated heterocycles. The quantitative estimate of drug-likeness (QED) is 0.682. The van der Waals surface area contributed by atoms with Crippen LogP contribution in [0.2, 0.25) is 0 Å². The predicted octanol–water partition coefficient (Wildman–Crippen LogP) is 3.87. The number of benzene rings is 1. The van der Waals surface area contributed by atoms with Gasteiger partial charge >= 0.3 is 0 Å². The number of hydrogen-bond donors (Lipinski definition) is 2. The van der Waals surface area contributed by atoms with Crippen molar-refractivity contribution < 1.29 is 9.53 Å². The molecule has 0 atom stereocenters. The van der Waals surface area contributed by atoms with Crippen LogP contribution >= 0.6 is 0 Å². The second-order valence-electron chi connectivity index (χ2n) is 7.82. The van der Waals surface area contributed by atoms with Gasteiger partial charge in [0.1, 0.15) is 5.82 Å². The van der Waals surface area contributed by atoms with Crippen molar-refractivity contribution in [1.29, 1.82) is 0 Å². The first kappa shape index (κ1) is 18.6. The number of methoxy groups -OCH3 is 1. The number of nitrogens with one attached hydrogen (secondary N) is 2. The number of ether oxygens (including phenoxy) is 1. The lowest BCUT2D eigenvalue weighted by molar-refractivity contribution is 0.0741. The average molecular weight is 378 g/mol. The van der Waals surface area contributed by atoms with Crippen LogP contribution in [0.25, 0.3) is 22.3 Å². The maximum atomic E-state index is 12.8. The highest BCUT2D eigenvalue weighted by Crippen LogP contribution is 2.37. The molecule has 1 aliphatic rings. The Hall–Kier alpha value is -2.73. The van der Waals surface area contributed by atoms with Crippen LogP contribution in [0.3, 0.4) is 0 Å². The van der Waals surface area contributed by atoms with Gasteiger partial charge in [-0.1, -0.05) is 25.0 Å². The Labute approximate surface area is 164 Å². The fraction of sp³-hybridized carbons (Fsp3) is 0.409. The number of carbonyl (C=O) groups is 1. The Kier molecular flexibility index (Phi) is 5.13. The van der Waals surface area contributed by atoms with E-state index in [0.29, 0.717) is 24.4 Å². The van der Waals surface area contributed by atoms with Crippen molar-refractivity contribution in [3.8, 4) is 11.1 Å². The van der Waals surface area contributed by atoms with Gasteiger partial charge in [-0.25, -0.2) is 9.97 Å². The third-order valence-electron chi connectivity index (χ3n) is 5.65. The molecule has 0 aliphatic heterocycles. The molecular weight excluding hydrogens is 352 g/mol. The van der Waals surface area contributed by atoms with Crippen LogP contribution in [-0.4, -0.2) is 41.1 Å². The maximum absolute atomic E-state index is 12.8. The van der Waals surface area contributed by atoms with Gasteiger partial charge in [-0.3, -0.25) is 4.79 Å². The van der Waals surface area contributed by atoms with Gasteiger partial charge in [0.15, 0.2) is 5.65 Å². The highest BCUT2D eigenvalue weighted by molar-refractivity contribution is 5.95. The smallest absolute Gasteiger partial charge is 0.251 e. The lowest BCUT2D eigenvalue weighted by Crippen LogP contribution is -2.38. The molecule has 4 rings (SSSR count). The number of amides is 1. The van der Waals surface area contributed by atoms with Crippen molar-refractivity contribution in [1.82, 2.24) is 20.3 Å². The van der Waals surface area contributed by atoms with Gasteiger partial charge in [0.25, 0.3) is 5.91 Å². The summed E-state index contributed by atoms with van der Waals surface area (Å²) in [5.41, 5.74) is 4.25. The normalized spacial score (nSPS) is 15.8. The first-order valence-electron chi connectivity index (χ1n) is 9.79. The monoisotopic (exact) mass is 378 g/mol. The lowest BCUT2D eigenvalue weighted by atomic mass is 9.87. The molecule has 0 unspecified atom stereocenters. The first-order chi connectivity index (χ1) is 13.6. The van der Waals surface area contributed by atoms with Gasteiger partial charge in [0, 0.05) is 36.4 Å². The SMILES string of the molecule is COCC1(CNC(=O)c2cccc(-c3cnc4nc(C)[nH]c4c3)c2)CCCC1. The topological polar surface area (TPSA) is 79.9 Å². The summed E-state index contributed by atoms with van der Waals surface area (Å²) in [5, 5.41) is 3.13. The number of aryl methyl sites for hydroxylation is 1. The molecule has 0 radical (unpaired) electrons. The van der Waals surface area contributed by atoms with Crippen LogP contribution in [0.4, 0.5) is 0 Å². The van der Waals surface area contributed by atoms with Gasteiger partial charge in [-0.2, -0.15) is 0 Å². The first-order valence-corrected chi connectivity index (χ1v) is 9.79. The van der Waals surface area contributed by atoms with E-state index in [4.69, 9.17) is 4.74 Å². The van der Waals surface area contributed by atoms with Crippen molar-refractivity contribution in [3.63, 3.8) is 0 Å². The van der Waals surface area contributed by atoms with Gasteiger partial charge in [-0.15, -0.1) is 0 Å². The van der Waals surface area contributed by atoms with E-state index in [2.05, 4.69) is 20.3 Å². The molecule has 3 aromatic rings. The Bertz CT molecular complexity index is 989. The van der Waals surface area contributed by atoms with Crippen molar-refractivity contribution in [2.45, 2.75) is 32.6 Å². The summed E-state index contributed by atoms with van der Waals surface area (Å²) in [7, 11) is 1.73. The van der Waals surface area contributed by atoms with Crippen LogP contribution in [0, 0.1) is 12.3 Å². The van der Waals surface area contributed by atoms with Crippen LogP contribution < -0.4 is 5.32 Å². The predicted molar refractivity (Wildman–Crippen MR) is 109 cm³/mol. The average Bonchev–Trinajstić information content (AvgIpc) is 3.32. The Morgan fingerprint density at radius 2 is 2.07 bits per heavy atom. The molecule has 6 nitrogen and oxygen atoms in total. The molecule has 2 N–H and O–H groups in total. The fourth-order valence-electron chi connectivity index (χ4n) is 4.19. The number of pyridine rings is 1. The molecule has 0 spiro atoms. The summed E-state index contributed by atoms with van der Waals surface area (Å²) >= 11 is 0.